The fourth-order valence-corrected chi connectivity index (χ4v) is 6.26. The predicted octanol–water partition coefficient (Wildman–Crippen LogP) is 5.25. The molecule has 1 saturated heterocycles. The quantitative estimate of drug-likeness (QED) is 0.337. The van der Waals surface area contributed by atoms with Crippen LogP contribution >= 0.6 is 22.9 Å². The van der Waals surface area contributed by atoms with Gasteiger partial charge in [-0.05, 0) is 61.2 Å². The second kappa shape index (κ2) is 9.52. The lowest BCUT2D eigenvalue weighted by Crippen LogP contribution is -2.40. The average molecular weight is 536 g/mol. The van der Waals surface area contributed by atoms with Gasteiger partial charge in [0.1, 0.15) is 6.04 Å². The Balaban J connectivity index is 0.00000169. The van der Waals surface area contributed by atoms with Crippen molar-refractivity contribution >= 4 is 60.6 Å². The molecule has 188 valence electrons. The molecule has 1 aliphatic heterocycles. The second-order valence-electron chi connectivity index (χ2n) is 8.48. The summed E-state index contributed by atoms with van der Waals surface area (Å²) in [6.07, 6.45) is 4.26. The molecule has 1 amide bonds. The van der Waals surface area contributed by atoms with Crippen molar-refractivity contribution in [3.05, 3.63) is 71.3 Å². The smallest absolute Gasteiger partial charge is 0.263 e. The Bertz CT molecular complexity index is 1470. The molecule has 0 spiro atoms. The molecule has 2 aromatic carbocycles. The number of thiazole rings is 1. The molecule has 0 radical (unpaired) electrons. The van der Waals surface area contributed by atoms with E-state index in [-0.39, 0.29) is 27.2 Å². The summed E-state index contributed by atoms with van der Waals surface area (Å²) in [5.41, 5.74) is 1.83. The summed E-state index contributed by atoms with van der Waals surface area (Å²) in [6.45, 7) is 3.30. The largest absolute Gasteiger partial charge is 0.369 e. The van der Waals surface area contributed by atoms with Crippen molar-refractivity contribution in [1.29, 1.82) is 0 Å². The molecule has 4 aromatic rings. The van der Waals surface area contributed by atoms with Crippen LogP contribution in [0.2, 0.25) is 5.02 Å². The molecule has 0 bridgehead atoms. The first-order valence-corrected chi connectivity index (χ1v) is 13.9. The van der Waals surface area contributed by atoms with E-state index in [2.05, 4.69) is 19.9 Å². The molecule has 1 aliphatic rings. The number of carbonyl (C=O) groups is 1. The zero-order valence-electron chi connectivity index (χ0n) is 18.9. The summed E-state index contributed by atoms with van der Waals surface area (Å²) < 4.78 is 29.5. The van der Waals surface area contributed by atoms with E-state index < -0.39 is 10.0 Å². The minimum atomic E-state index is -3.69. The lowest BCUT2D eigenvalue weighted by atomic mass is 10.2. The van der Waals surface area contributed by atoms with Crippen LogP contribution in [-0.2, 0) is 14.8 Å². The number of carbonyl (C=O) groups excluding carboxylic acids is 1. The van der Waals surface area contributed by atoms with Crippen LogP contribution in [0.3, 0.4) is 0 Å². The number of benzene rings is 2. The molecular formula is C24H30ClN5O3S2. The normalized spacial score (nSPS) is 17.0. The highest BCUT2D eigenvalue weighted by Gasteiger charge is 2.27. The molecule has 11 heteroatoms. The van der Waals surface area contributed by atoms with Gasteiger partial charge < -0.3 is 14.8 Å². The van der Waals surface area contributed by atoms with Gasteiger partial charge in [0.15, 0.2) is 5.13 Å². The third-order valence-corrected chi connectivity index (χ3v) is 8.59. The third kappa shape index (κ3) is 5.00. The summed E-state index contributed by atoms with van der Waals surface area (Å²) in [7, 11) is -3.69. The van der Waals surface area contributed by atoms with E-state index in [1.54, 1.807) is 35.8 Å². The van der Waals surface area contributed by atoms with Gasteiger partial charge in [-0.25, -0.2) is 13.4 Å². The van der Waals surface area contributed by atoms with E-state index in [0.717, 1.165) is 29.6 Å². The summed E-state index contributed by atoms with van der Waals surface area (Å²) in [5, 5.41) is 6.87. The van der Waals surface area contributed by atoms with Gasteiger partial charge in [0.05, 0.1) is 10.4 Å². The molecule has 2 N–H and O–H groups in total. The minimum absolute atomic E-state index is 0. The van der Waals surface area contributed by atoms with Crippen LogP contribution in [-0.4, -0.2) is 43.0 Å². The number of anilines is 2. The number of hydrogen-bond acceptors (Lipinski definition) is 6. The van der Waals surface area contributed by atoms with Gasteiger partial charge in [-0.15, -0.1) is 11.3 Å². The number of amides is 1. The molecule has 1 fully saturated rings. The number of fused-ring (bicyclic) bond motifs is 1. The van der Waals surface area contributed by atoms with Gasteiger partial charge in [-0.3, -0.25) is 9.52 Å². The Labute approximate surface area is 217 Å². The fourth-order valence-electron chi connectivity index (χ4n) is 4.30. The minimum Gasteiger partial charge on any atom is -0.369 e. The number of nitrogens with one attached hydrogen (secondary N) is 2. The Morgan fingerprint density at radius 2 is 2.03 bits per heavy atom. The van der Waals surface area contributed by atoms with Gasteiger partial charge in [0.25, 0.3) is 10.0 Å². The predicted molar refractivity (Wildman–Crippen MR) is 146 cm³/mol. The molecule has 0 unspecified atom stereocenters. The molecule has 0 aliphatic carbocycles. The topological polar surface area (TPSA) is 96.3 Å². The standard InChI is InChI=1S/C24H24ClN5O3S2.3H2/c1-16(30-12-8-17-2-3-18(25)14-22(17)30)23(31)27-19-9-11-29(15-19)20-4-6-21(7-5-20)35(32,33)28-24-26-10-13-34-24;;;/h2-8,10,12-14,16,19H,9,11,15H2,1H3,(H,26,28)(H,27,31);3*1H/t16-,19-;;;/m0.../s1. The molecule has 8 nitrogen and oxygen atoms in total. The maximum Gasteiger partial charge on any atom is 0.263 e. The zero-order valence-corrected chi connectivity index (χ0v) is 21.3. The van der Waals surface area contributed by atoms with Gasteiger partial charge in [-0.2, -0.15) is 0 Å². The molecular weight excluding hydrogens is 506 g/mol. The Kier molecular flexibility index (Phi) is 6.43. The summed E-state index contributed by atoms with van der Waals surface area (Å²) in [5.74, 6) is -0.0518. The summed E-state index contributed by atoms with van der Waals surface area (Å²) >= 11 is 7.37. The lowest BCUT2D eigenvalue weighted by molar-refractivity contribution is -0.124. The number of rotatable bonds is 7. The van der Waals surface area contributed by atoms with Crippen LogP contribution in [0.5, 0.6) is 0 Å². The molecule has 5 rings (SSSR count). The number of sulfonamides is 1. The van der Waals surface area contributed by atoms with Crippen LogP contribution in [0.25, 0.3) is 10.9 Å². The molecule has 2 aromatic heterocycles. The average Bonchev–Trinajstić information content (AvgIpc) is 3.60. The van der Waals surface area contributed by atoms with Crippen molar-refractivity contribution in [1.82, 2.24) is 14.9 Å². The van der Waals surface area contributed by atoms with Crippen molar-refractivity contribution in [2.45, 2.75) is 30.3 Å². The third-order valence-electron chi connectivity index (χ3n) is 6.18. The van der Waals surface area contributed by atoms with E-state index in [0.29, 0.717) is 16.7 Å². The van der Waals surface area contributed by atoms with Crippen molar-refractivity contribution in [3.8, 4) is 0 Å². The van der Waals surface area contributed by atoms with E-state index >= 15 is 0 Å². The first-order chi connectivity index (χ1) is 16.8. The van der Waals surface area contributed by atoms with E-state index in [1.807, 2.05) is 42.0 Å². The molecule has 3 heterocycles. The summed E-state index contributed by atoms with van der Waals surface area (Å²) in [6, 6.07) is 14.0. The fraction of sp³-hybridized carbons (Fsp3) is 0.250. The maximum atomic E-state index is 13.0. The monoisotopic (exact) mass is 535 g/mol. The highest BCUT2D eigenvalue weighted by atomic mass is 35.5. The van der Waals surface area contributed by atoms with Gasteiger partial charge in [0, 0.05) is 51.9 Å². The molecule has 0 saturated carbocycles. The Morgan fingerprint density at radius 1 is 1.23 bits per heavy atom. The lowest BCUT2D eigenvalue weighted by Gasteiger charge is -2.21. The van der Waals surface area contributed by atoms with Gasteiger partial charge in [-0.1, -0.05) is 17.7 Å². The summed E-state index contributed by atoms with van der Waals surface area (Å²) in [4.78, 5) is 19.3. The number of nitrogens with zero attached hydrogens (tertiary/aromatic N) is 3. The van der Waals surface area contributed by atoms with E-state index in [4.69, 9.17) is 11.6 Å². The molecule has 35 heavy (non-hydrogen) atoms. The first kappa shape index (κ1) is 23.7. The van der Waals surface area contributed by atoms with Crippen LogP contribution < -0.4 is 14.9 Å². The van der Waals surface area contributed by atoms with Crippen molar-refractivity contribution < 1.29 is 17.5 Å². The second-order valence-corrected chi connectivity index (χ2v) is 11.5. The van der Waals surface area contributed by atoms with Gasteiger partial charge in [0.2, 0.25) is 5.91 Å². The number of aromatic nitrogens is 2. The SMILES string of the molecule is C[C@@H](C(=O)N[C@H]1CCN(c2ccc(S(=O)(=O)Nc3nccs3)cc2)C1)n1ccc2ccc(Cl)cc21.[HH].[HH].[HH]. The van der Waals surface area contributed by atoms with Crippen LogP contribution in [0.15, 0.2) is 71.2 Å². The number of hydrogen-bond donors (Lipinski definition) is 2. The van der Waals surface area contributed by atoms with Crippen LogP contribution in [0.4, 0.5) is 10.8 Å². The van der Waals surface area contributed by atoms with Gasteiger partial charge >= 0.3 is 0 Å². The van der Waals surface area contributed by atoms with Crippen LogP contribution in [0.1, 0.15) is 23.7 Å². The molecule has 2 atom stereocenters. The highest BCUT2D eigenvalue weighted by molar-refractivity contribution is 7.93. The highest BCUT2D eigenvalue weighted by Crippen LogP contribution is 2.26. The van der Waals surface area contributed by atoms with E-state index in [9.17, 15) is 13.2 Å². The number of halogens is 1. The Hall–Kier alpha value is -3.08. The maximum absolute atomic E-state index is 13.0. The zero-order chi connectivity index (χ0) is 24.6. The van der Waals surface area contributed by atoms with Crippen LogP contribution in [0, 0.1) is 0 Å². The van der Waals surface area contributed by atoms with Crippen molar-refractivity contribution in [3.63, 3.8) is 0 Å². The first-order valence-electron chi connectivity index (χ1n) is 11.1. The Morgan fingerprint density at radius 3 is 2.77 bits per heavy atom. The van der Waals surface area contributed by atoms with Crippen molar-refractivity contribution in [2.24, 2.45) is 0 Å². The van der Waals surface area contributed by atoms with E-state index in [1.165, 1.54) is 11.3 Å². The van der Waals surface area contributed by atoms with Crippen molar-refractivity contribution in [2.75, 3.05) is 22.7 Å².